The number of benzene rings is 2. The fourth-order valence-electron chi connectivity index (χ4n) is 5.01. The van der Waals surface area contributed by atoms with Gasteiger partial charge in [-0.3, -0.25) is 9.69 Å². The SMILES string of the molecule is COc1ccc(F)cc1C(=O)NCc1ccc(-c2nn(C(CCCN(C)C(=O)n3cncn3)N(C)C)c3ncnc(N)c23)cc1. The molecule has 1 unspecified atom stereocenters. The topological polar surface area (TPSA) is 162 Å². The normalized spacial score (nSPS) is 12.0. The maximum absolute atomic E-state index is 13.7. The molecule has 45 heavy (non-hydrogen) atoms. The second-order valence-electron chi connectivity index (χ2n) is 10.6. The smallest absolute Gasteiger partial charge is 0.345 e. The molecule has 3 heterocycles. The third kappa shape index (κ3) is 6.72. The number of hydrogen-bond donors (Lipinski definition) is 2. The van der Waals surface area contributed by atoms with E-state index in [0.717, 1.165) is 17.2 Å². The maximum atomic E-state index is 13.7. The van der Waals surface area contributed by atoms with Crippen LogP contribution < -0.4 is 15.8 Å². The first-order valence-corrected chi connectivity index (χ1v) is 14.1. The molecule has 3 aromatic heterocycles. The summed E-state index contributed by atoms with van der Waals surface area (Å²) in [5.41, 5.74) is 9.28. The van der Waals surface area contributed by atoms with Crippen LogP contribution in [0.25, 0.3) is 22.3 Å². The van der Waals surface area contributed by atoms with Crippen LogP contribution in [0.1, 0.15) is 34.9 Å². The lowest BCUT2D eigenvalue weighted by molar-refractivity contribution is 0.0947. The second kappa shape index (κ2) is 13.5. The Bertz CT molecular complexity index is 1790. The number of methoxy groups -OCH3 is 1. The fourth-order valence-corrected chi connectivity index (χ4v) is 5.01. The number of nitrogens with one attached hydrogen (secondary N) is 1. The van der Waals surface area contributed by atoms with Crippen molar-refractivity contribution < 1.29 is 18.7 Å². The van der Waals surface area contributed by atoms with E-state index in [-0.39, 0.29) is 30.1 Å². The van der Waals surface area contributed by atoms with Gasteiger partial charge in [0.05, 0.1) is 18.1 Å². The summed E-state index contributed by atoms with van der Waals surface area (Å²) in [6.07, 6.45) is 5.25. The number of carbonyl (C=O) groups excluding carboxylic acids is 2. The lowest BCUT2D eigenvalue weighted by atomic mass is 10.1. The highest BCUT2D eigenvalue weighted by Crippen LogP contribution is 2.33. The molecule has 0 spiro atoms. The predicted octanol–water partition coefficient (Wildman–Crippen LogP) is 3.19. The Labute approximate surface area is 258 Å². The van der Waals surface area contributed by atoms with Crippen molar-refractivity contribution in [1.82, 2.24) is 49.6 Å². The fraction of sp³-hybridized carbons (Fsp3) is 0.300. The van der Waals surface area contributed by atoms with Crippen LogP contribution in [0.5, 0.6) is 5.75 Å². The van der Waals surface area contributed by atoms with E-state index in [2.05, 4.69) is 25.4 Å². The van der Waals surface area contributed by atoms with Crippen molar-refractivity contribution in [1.29, 1.82) is 0 Å². The molecule has 1 atom stereocenters. The highest BCUT2D eigenvalue weighted by Gasteiger charge is 2.24. The average molecular weight is 616 g/mol. The molecule has 3 N–H and O–H groups in total. The van der Waals surface area contributed by atoms with Crippen molar-refractivity contribution in [3.05, 3.63) is 78.4 Å². The number of ether oxygens (including phenoxy) is 1. The van der Waals surface area contributed by atoms with Gasteiger partial charge < -0.3 is 20.7 Å². The Morgan fingerprint density at radius 3 is 2.56 bits per heavy atom. The number of halogens is 1. The van der Waals surface area contributed by atoms with Crippen molar-refractivity contribution in [3.8, 4) is 17.0 Å². The third-order valence-electron chi connectivity index (χ3n) is 7.38. The largest absolute Gasteiger partial charge is 0.496 e. The van der Waals surface area contributed by atoms with Crippen LogP contribution in [-0.4, -0.2) is 91.0 Å². The van der Waals surface area contributed by atoms with Crippen LogP contribution in [0, 0.1) is 5.82 Å². The molecule has 0 radical (unpaired) electrons. The first-order valence-electron chi connectivity index (χ1n) is 14.1. The minimum atomic E-state index is -0.526. The Balaban J connectivity index is 1.33. The van der Waals surface area contributed by atoms with Crippen LogP contribution in [0.4, 0.5) is 15.0 Å². The zero-order valence-corrected chi connectivity index (χ0v) is 25.4. The summed E-state index contributed by atoms with van der Waals surface area (Å²) >= 11 is 0. The van der Waals surface area contributed by atoms with E-state index in [1.165, 1.54) is 42.9 Å². The van der Waals surface area contributed by atoms with E-state index in [4.69, 9.17) is 15.6 Å². The third-order valence-corrected chi connectivity index (χ3v) is 7.38. The molecular formula is C30H34FN11O3. The number of anilines is 1. The van der Waals surface area contributed by atoms with Gasteiger partial charge in [0.1, 0.15) is 48.2 Å². The van der Waals surface area contributed by atoms with Gasteiger partial charge in [-0.2, -0.15) is 14.9 Å². The van der Waals surface area contributed by atoms with Gasteiger partial charge in [0, 0.05) is 25.7 Å². The van der Waals surface area contributed by atoms with Crippen molar-refractivity contribution in [2.75, 3.05) is 40.5 Å². The molecule has 234 valence electrons. The van der Waals surface area contributed by atoms with Gasteiger partial charge in [0.2, 0.25) is 0 Å². The number of hydrogen-bond acceptors (Lipinski definition) is 10. The molecule has 5 aromatic rings. The summed E-state index contributed by atoms with van der Waals surface area (Å²) < 4.78 is 22.0. The number of carbonyl (C=O) groups is 2. The maximum Gasteiger partial charge on any atom is 0.345 e. The minimum absolute atomic E-state index is 0.116. The van der Waals surface area contributed by atoms with E-state index in [1.54, 1.807) is 11.9 Å². The van der Waals surface area contributed by atoms with Gasteiger partial charge >= 0.3 is 6.03 Å². The predicted molar refractivity (Wildman–Crippen MR) is 165 cm³/mol. The first kappa shape index (κ1) is 31.0. The Hall–Kier alpha value is -5.44. The first-order chi connectivity index (χ1) is 21.7. The summed E-state index contributed by atoms with van der Waals surface area (Å²) in [4.78, 5) is 41.5. The molecule has 0 bridgehead atoms. The molecular weight excluding hydrogens is 581 g/mol. The Morgan fingerprint density at radius 2 is 1.87 bits per heavy atom. The quantitative estimate of drug-likeness (QED) is 0.226. The van der Waals surface area contributed by atoms with Crippen molar-refractivity contribution >= 4 is 28.8 Å². The number of amides is 2. The average Bonchev–Trinajstić information content (AvgIpc) is 3.71. The second-order valence-corrected chi connectivity index (χ2v) is 10.6. The van der Waals surface area contributed by atoms with Gasteiger partial charge in [-0.15, -0.1) is 0 Å². The number of nitrogen functional groups attached to an aromatic ring is 1. The summed E-state index contributed by atoms with van der Waals surface area (Å²) in [6, 6.07) is 11.0. The molecule has 0 aliphatic heterocycles. The van der Waals surface area contributed by atoms with Crippen molar-refractivity contribution in [2.24, 2.45) is 0 Å². The summed E-state index contributed by atoms with van der Waals surface area (Å²) in [5.74, 6) is -0.386. The van der Waals surface area contributed by atoms with Gasteiger partial charge in [-0.1, -0.05) is 24.3 Å². The van der Waals surface area contributed by atoms with Crippen LogP contribution in [0.3, 0.4) is 0 Å². The number of nitrogens with two attached hydrogens (primary N) is 1. The summed E-state index contributed by atoms with van der Waals surface area (Å²) in [6.45, 7) is 0.714. The zero-order chi connectivity index (χ0) is 32.1. The molecule has 0 aliphatic carbocycles. The van der Waals surface area contributed by atoms with Crippen molar-refractivity contribution in [3.63, 3.8) is 0 Å². The van der Waals surface area contributed by atoms with Crippen LogP contribution >= 0.6 is 0 Å². The molecule has 15 heteroatoms. The standard InChI is InChI=1S/C30H34FN11O3/c1-39(2)24(6-5-13-40(3)30(44)41-18-33-16-37-41)42-28-25(27(32)35-17-36-28)26(38-42)20-9-7-19(8-10-20)15-34-29(43)22-14-21(31)11-12-23(22)45-4/h7-12,14,16-18,24H,5-6,13,15H2,1-4H3,(H,34,43)(H2,32,35,36). The molecule has 2 amide bonds. The molecule has 0 saturated carbocycles. The number of nitrogens with zero attached hydrogens (tertiary/aromatic N) is 9. The van der Waals surface area contributed by atoms with Gasteiger partial charge in [-0.05, 0) is 50.7 Å². The highest BCUT2D eigenvalue weighted by atomic mass is 19.1. The van der Waals surface area contributed by atoms with E-state index < -0.39 is 11.7 Å². The molecule has 0 saturated heterocycles. The van der Waals surface area contributed by atoms with E-state index in [9.17, 15) is 14.0 Å². The molecule has 0 fully saturated rings. The Kier molecular flexibility index (Phi) is 9.28. The molecule has 5 rings (SSSR count). The lowest BCUT2D eigenvalue weighted by Gasteiger charge is -2.26. The zero-order valence-electron chi connectivity index (χ0n) is 25.4. The van der Waals surface area contributed by atoms with Gasteiger partial charge in [0.25, 0.3) is 5.91 Å². The molecule has 0 aliphatic rings. The minimum Gasteiger partial charge on any atom is -0.496 e. The number of fused-ring (bicyclic) bond motifs is 1. The van der Waals surface area contributed by atoms with Crippen molar-refractivity contribution in [2.45, 2.75) is 25.6 Å². The van der Waals surface area contributed by atoms with Crippen LogP contribution in [0.15, 0.2) is 61.4 Å². The number of aromatic nitrogens is 7. The van der Waals surface area contributed by atoms with Gasteiger partial charge in [0.15, 0.2) is 5.65 Å². The molecule has 14 nitrogen and oxygen atoms in total. The van der Waals surface area contributed by atoms with E-state index >= 15 is 0 Å². The lowest BCUT2D eigenvalue weighted by Crippen LogP contribution is -2.33. The Morgan fingerprint density at radius 1 is 1.09 bits per heavy atom. The number of rotatable bonds is 11. The monoisotopic (exact) mass is 615 g/mol. The van der Waals surface area contributed by atoms with Crippen LogP contribution in [-0.2, 0) is 6.54 Å². The van der Waals surface area contributed by atoms with Gasteiger partial charge in [-0.25, -0.2) is 28.8 Å². The highest BCUT2D eigenvalue weighted by molar-refractivity contribution is 5.98. The summed E-state index contributed by atoms with van der Waals surface area (Å²) in [5, 5.41) is 12.3. The van der Waals surface area contributed by atoms with E-state index in [1.807, 2.05) is 47.9 Å². The molecule has 2 aromatic carbocycles. The van der Waals surface area contributed by atoms with Crippen LogP contribution in [0.2, 0.25) is 0 Å². The summed E-state index contributed by atoms with van der Waals surface area (Å²) in [7, 11) is 7.05. The van der Waals surface area contributed by atoms with E-state index in [0.29, 0.717) is 41.9 Å².